The van der Waals surface area contributed by atoms with Crippen LogP contribution in [0.25, 0.3) is 0 Å². The van der Waals surface area contributed by atoms with Crippen LogP contribution in [0.3, 0.4) is 0 Å². The van der Waals surface area contributed by atoms with Crippen molar-refractivity contribution >= 4 is 5.97 Å². The van der Waals surface area contributed by atoms with E-state index < -0.39 is 17.1 Å². The Hall–Kier alpha value is -1.69. The van der Waals surface area contributed by atoms with E-state index in [1.807, 2.05) is 0 Å². The van der Waals surface area contributed by atoms with Crippen LogP contribution in [0.4, 0.5) is 0 Å². The highest BCUT2D eigenvalue weighted by atomic mass is 16.4. The SMILES string of the molecule is O=C(O)c1cn(CCO)cnc1=O. The Morgan fingerprint density at radius 3 is 2.85 bits per heavy atom. The van der Waals surface area contributed by atoms with Gasteiger partial charge in [0.25, 0.3) is 5.56 Å². The number of rotatable bonds is 3. The second kappa shape index (κ2) is 3.81. The molecule has 0 aliphatic heterocycles. The van der Waals surface area contributed by atoms with Crippen LogP contribution in [0.5, 0.6) is 0 Å². The van der Waals surface area contributed by atoms with E-state index >= 15 is 0 Å². The minimum absolute atomic E-state index is 0.135. The molecule has 0 unspecified atom stereocenters. The molecule has 0 amide bonds. The summed E-state index contributed by atoms with van der Waals surface area (Å²) in [6.45, 7) is 0.0805. The lowest BCUT2D eigenvalue weighted by Crippen LogP contribution is -2.20. The van der Waals surface area contributed by atoms with Gasteiger partial charge >= 0.3 is 5.97 Å². The van der Waals surface area contributed by atoms with Crippen molar-refractivity contribution in [3.05, 3.63) is 28.4 Å². The van der Waals surface area contributed by atoms with Gasteiger partial charge in [0, 0.05) is 12.7 Å². The topological polar surface area (TPSA) is 92.4 Å². The Kier molecular flexibility index (Phi) is 2.76. The second-order valence-electron chi connectivity index (χ2n) is 2.36. The van der Waals surface area contributed by atoms with Crippen molar-refractivity contribution in [2.24, 2.45) is 0 Å². The molecule has 0 saturated carbocycles. The highest BCUT2D eigenvalue weighted by molar-refractivity contribution is 5.86. The average Bonchev–Trinajstić information content (AvgIpc) is 2.08. The number of aliphatic hydroxyl groups is 1. The number of aliphatic hydroxyl groups excluding tert-OH is 1. The number of aromatic nitrogens is 2. The average molecular weight is 184 g/mol. The van der Waals surface area contributed by atoms with Crippen LogP contribution in [-0.4, -0.2) is 32.3 Å². The predicted octanol–water partition coefficient (Wildman–Crippen LogP) is -1.07. The summed E-state index contributed by atoms with van der Waals surface area (Å²) in [6.07, 6.45) is 2.33. The molecule has 1 aromatic rings. The molecule has 6 nitrogen and oxygen atoms in total. The molecule has 6 heteroatoms. The van der Waals surface area contributed by atoms with Crippen LogP contribution >= 0.6 is 0 Å². The van der Waals surface area contributed by atoms with Crippen molar-refractivity contribution in [3.8, 4) is 0 Å². The zero-order chi connectivity index (χ0) is 9.84. The van der Waals surface area contributed by atoms with E-state index in [1.54, 1.807) is 0 Å². The third kappa shape index (κ3) is 2.12. The van der Waals surface area contributed by atoms with E-state index in [0.29, 0.717) is 0 Å². The molecule has 0 aliphatic rings. The Labute approximate surface area is 73.1 Å². The summed E-state index contributed by atoms with van der Waals surface area (Å²) in [5.41, 5.74) is -1.17. The van der Waals surface area contributed by atoms with Crippen LogP contribution in [0.2, 0.25) is 0 Å². The summed E-state index contributed by atoms with van der Waals surface area (Å²) in [5.74, 6) is -1.32. The minimum atomic E-state index is -1.32. The Bertz CT molecular complexity index is 371. The molecule has 0 bridgehead atoms. The molecule has 1 heterocycles. The predicted molar refractivity (Wildman–Crippen MR) is 42.5 cm³/mol. The van der Waals surface area contributed by atoms with E-state index in [-0.39, 0.29) is 13.2 Å². The fraction of sp³-hybridized carbons (Fsp3) is 0.286. The maximum atomic E-state index is 10.8. The fourth-order valence-electron chi connectivity index (χ4n) is 0.835. The van der Waals surface area contributed by atoms with Crippen molar-refractivity contribution in [2.45, 2.75) is 6.54 Å². The summed E-state index contributed by atoms with van der Waals surface area (Å²) in [6, 6.07) is 0. The molecular formula is C7H8N2O4. The largest absolute Gasteiger partial charge is 0.477 e. The van der Waals surface area contributed by atoms with Gasteiger partial charge in [0.1, 0.15) is 5.56 Å². The van der Waals surface area contributed by atoms with Gasteiger partial charge in [-0.05, 0) is 0 Å². The lowest BCUT2D eigenvalue weighted by molar-refractivity contribution is 0.0693. The van der Waals surface area contributed by atoms with Gasteiger partial charge in [-0.2, -0.15) is 4.98 Å². The number of hydrogen-bond donors (Lipinski definition) is 2. The summed E-state index contributed by atoms with van der Waals surface area (Å²) < 4.78 is 1.34. The standard InChI is InChI=1S/C7H8N2O4/c10-2-1-9-3-5(7(12)13)6(11)8-4-9/h3-4,10H,1-2H2,(H,12,13). The van der Waals surface area contributed by atoms with Crippen molar-refractivity contribution in [3.63, 3.8) is 0 Å². The van der Waals surface area contributed by atoms with Crippen LogP contribution in [0.15, 0.2) is 17.3 Å². The molecule has 0 radical (unpaired) electrons. The highest BCUT2D eigenvalue weighted by Crippen LogP contribution is 1.90. The highest BCUT2D eigenvalue weighted by Gasteiger charge is 2.08. The maximum Gasteiger partial charge on any atom is 0.342 e. The van der Waals surface area contributed by atoms with E-state index in [2.05, 4.69) is 4.98 Å². The quantitative estimate of drug-likeness (QED) is 0.624. The number of carboxylic acids is 1. The molecule has 0 saturated heterocycles. The number of carboxylic acid groups (broad SMARTS) is 1. The number of aromatic carboxylic acids is 1. The molecule has 0 aliphatic carbocycles. The zero-order valence-electron chi connectivity index (χ0n) is 6.67. The number of hydrogen-bond acceptors (Lipinski definition) is 4. The molecule has 0 spiro atoms. The summed E-state index contributed by atoms with van der Waals surface area (Å²) in [4.78, 5) is 24.6. The Balaban J connectivity index is 3.11. The third-order valence-corrected chi connectivity index (χ3v) is 1.44. The van der Waals surface area contributed by atoms with Crippen LogP contribution < -0.4 is 5.56 Å². The molecule has 13 heavy (non-hydrogen) atoms. The van der Waals surface area contributed by atoms with E-state index in [4.69, 9.17) is 10.2 Å². The van der Waals surface area contributed by atoms with E-state index in [1.165, 1.54) is 10.9 Å². The molecule has 1 rings (SSSR count). The molecular weight excluding hydrogens is 176 g/mol. The molecule has 2 N–H and O–H groups in total. The van der Waals surface area contributed by atoms with Crippen molar-refractivity contribution < 1.29 is 15.0 Å². The third-order valence-electron chi connectivity index (χ3n) is 1.44. The summed E-state index contributed by atoms with van der Waals surface area (Å²) >= 11 is 0. The smallest absolute Gasteiger partial charge is 0.342 e. The van der Waals surface area contributed by atoms with Gasteiger partial charge in [-0.3, -0.25) is 4.79 Å². The first-order valence-electron chi connectivity index (χ1n) is 3.55. The Morgan fingerprint density at radius 1 is 1.62 bits per heavy atom. The zero-order valence-corrected chi connectivity index (χ0v) is 6.67. The van der Waals surface area contributed by atoms with Crippen LogP contribution in [-0.2, 0) is 6.54 Å². The first-order valence-corrected chi connectivity index (χ1v) is 3.55. The lowest BCUT2D eigenvalue weighted by atomic mass is 10.3. The lowest BCUT2D eigenvalue weighted by Gasteiger charge is -2.02. The van der Waals surface area contributed by atoms with Gasteiger partial charge < -0.3 is 14.8 Å². The second-order valence-corrected chi connectivity index (χ2v) is 2.36. The molecule has 0 atom stereocenters. The Morgan fingerprint density at radius 2 is 2.31 bits per heavy atom. The van der Waals surface area contributed by atoms with Crippen molar-refractivity contribution in [1.82, 2.24) is 9.55 Å². The van der Waals surface area contributed by atoms with E-state index in [0.717, 1.165) is 6.20 Å². The minimum Gasteiger partial charge on any atom is -0.477 e. The van der Waals surface area contributed by atoms with Gasteiger partial charge in [0.15, 0.2) is 0 Å². The van der Waals surface area contributed by atoms with Gasteiger partial charge in [-0.1, -0.05) is 0 Å². The molecule has 1 aromatic heterocycles. The van der Waals surface area contributed by atoms with Gasteiger partial charge in [0.2, 0.25) is 0 Å². The van der Waals surface area contributed by atoms with E-state index in [9.17, 15) is 9.59 Å². The van der Waals surface area contributed by atoms with Crippen LogP contribution in [0.1, 0.15) is 10.4 Å². The first-order chi connectivity index (χ1) is 6.15. The molecule has 70 valence electrons. The fourth-order valence-corrected chi connectivity index (χ4v) is 0.835. The van der Waals surface area contributed by atoms with Gasteiger partial charge in [0.05, 0.1) is 12.9 Å². The monoisotopic (exact) mass is 184 g/mol. The normalized spacial score (nSPS) is 9.92. The van der Waals surface area contributed by atoms with Crippen LogP contribution in [0, 0.1) is 0 Å². The van der Waals surface area contributed by atoms with Gasteiger partial charge in [-0.25, -0.2) is 4.79 Å². The summed E-state index contributed by atoms with van der Waals surface area (Å²) in [7, 11) is 0. The summed E-state index contributed by atoms with van der Waals surface area (Å²) in [5, 5.41) is 17.1. The van der Waals surface area contributed by atoms with Crippen molar-refractivity contribution in [1.29, 1.82) is 0 Å². The molecule has 0 aromatic carbocycles. The van der Waals surface area contributed by atoms with Crippen molar-refractivity contribution in [2.75, 3.05) is 6.61 Å². The number of carbonyl (C=O) groups is 1. The van der Waals surface area contributed by atoms with Gasteiger partial charge in [-0.15, -0.1) is 0 Å². The number of nitrogens with zero attached hydrogens (tertiary/aromatic N) is 2. The maximum absolute atomic E-state index is 10.8. The molecule has 0 fully saturated rings. The first kappa shape index (κ1) is 9.40.